The van der Waals surface area contributed by atoms with Crippen molar-refractivity contribution >= 4 is 23.9 Å². The van der Waals surface area contributed by atoms with Gasteiger partial charge in [0.25, 0.3) is 0 Å². The molecule has 0 aromatic rings. The Morgan fingerprint density at radius 3 is 0.610 bits per heavy atom. The number of hydrogen-bond donors (Lipinski definition) is 4. The molecular formula is C32H56MoO8. The fourth-order valence-electron chi connectivity index (χ4n) is 6.55. The Hall–Kier alpha value is -1.43. The van der Waals surface area contributed by atoms with Gasteiger partial charge in [0, 0.05) is 46.7 Å². The maximum Gasteiger partial charge on any atom is 0.303 e. The van der Waals surface area contributed by atoms with Crippen LogP contribution in [-0.2, 0) is 40.2 Å². The van der Waals surface area contributed by atoms with Gasteiger partial charge in [-0.3, -0.25) is 19.2 Å². The zero-order chi connectivity index (χ0) is 29.6. The number of carboxylic acid groups (broad SMARTS) is 4. The summed E-state index contributed by atoms with van der Waals surface area (Å²) >= 11 is 0. The summed E-state index contributed by atoms with van der Waals surface area (Å²) in [5.74, 6) is -0.618. The number of hydrogen-bond acceptors (Lipinski definition) is 4. The van der Waals surface area contributed by atoms with Crippen LogP contribution >= 0.6 is 0 Å². The first-order valence-corrected chi connectivity index (χ1v) is 16.0. The Labute approximate surface area is 261 Å². The third-order valence-corrected chi connectivity index (χ3v) is 8.75. The van der Waals surface area contributed by atoms with Crippen molar-refractivity contribution in [1.29, 1.82) is 0 Å². The van der Waals surface area contributed by atoms with Crippen molar-refractivity contribution < 1.29 is 60.7 Å². The summed E-state index contributed by atoms with van der Waals surface area (Å²) in [7, 11) is 0. The third kappa shape index (κ3) is 23.8. The van der Waals surface area contributed by atoms with Gasteiger partial charge in [-0.25, -0.2) is 0 Å². The number of rotatable bonds is 8. The zero-order valence-corrected chi connectivity index (χ0v) is 27.1. The Kier molecular flexibility index (Phi) is 24.2. The van der Waals surface area contributed by atoms with Crippen LogP contribution < -0.4 is 0 Å². The molecule has 0 unspecified atom stereocenters. The summed E-state index contributed by atoms with van der Waals surface area (Å²) in [6.07, 6.45) is 25.7. The molecular weight excluding hydrogens is 608 g/mol. The SMILES string of the molecule is O=C(O)CC1CCCCC1.O=C(O)CC1CCCCC1.O=C(O)CC1CCCCC1.O=C(O)CC1CCCCC1.[Mo]. The van der Waals surface area contributed by atoms with Crippen molar-refractivity contribution in [3.05, 3.63) is 0 Å². The van der Waals surface area contributed by atoms with E-state index < -0.39 is 23.9 Å². The fourth-order valence-corrected chi connectivity index (χ4v) is 6.55. The Morgan fingerprint density at radius 1 is 0.341 bits per heavy atom. The van der Waals surface area contributed by atoms with Gasteiger partial charge >= 0.3 is 23.9 Å². The number of carbonyl (C=O) groups is 4. The van der Waals surface area contributed by atoms with Crippen molar-refractivity contribution in [2.24, 2.45) is 23.7 Å². The average Bonchev–Trinajstić information content (AvgIpc) is 2.91. The summed E-state index contributed by atoms with van der Waals surface area (Å²) in [6, 6.07) is 0. The van der Waals surface area contributed by atoms with Gasteiger partial charge in [-0.2, -0.15) is 0 Å². The van der Waals surface area contributed by atoms with E-state index in [4.69, 9.17) is 20.4 Å². The minimum Gasteiger partial charge on any atom is -0.481 e. The largest absolute Gasteiger partial charge is 0.481 e. The second-order valence-electron chi connectivity index (χ2n) is 12.4. The van der Waals surface area contributed by atoms with E-state index >= 15 is 0 Å². The molecule has 0 radical (unpaired) electrons. The predicted octanol–water partition coefficient (Wildman–Crippen LogP) is 8.16. The van der Waals surface area contributed by atoms with Gasteiger partial charge in [0.1, 0.15) is 0 Å². The molecule has 9 heteroatoms. The van der Waals surface area contributed by atoms with Crippen LogP contribution in [0.3, 0.4) is 0 Å². The summed E-state index contributed by atoms with van der Waals surface area (Å²) < 4.78 is 0. The van der Waals surface area contributed by atoms with Gasteiger partial charge in [0.05, 0.1) is 0 Å². The molecule has 4 rings (SSSR count). The van der Waals surface area contributed by atoms with Crippen LogP contribution in [0, 0.1) is 23.7 Å². The smallest absolute Gasteiger partial charge is 0.303 e. The monoisotopic (exact) mass is 666 g/mol. The third-order valence-electron chi connectivity index (χ3n) is 8.75. The standard InChI is InChI=1S/4C8H14O2.Mo/c4*9-8(10)6-7-4-2-1-3-5-7;/h4*7H,1-6H2,(H,9,10);. The normalized spacial score (nSPS) is 20.3. The van der Waals surface area contributed by atoms with Crippen LogP contribution in [0.4, 0.5) is 0 Å². The van der Waals surface area contributed by atoms with Crippen LogP contribution in [-0.4, -0.2) is 44.3 Å². The van der Waals surface area contributed by atoms with E-state index in [2.05, 4.69) is 0 Å². The molecule has 4 saturated carbocycles. The number of carboxylic acids is 4. The maximum absolute atomic E-state index is 10.3. The van der Waals surface area contributed by atoms with E-state index in [0.29, 0.717) is 49.4 Å². The molecule has 0 aromatic carbocycles. The van der Waals surface area contributed by atoms with Crippen molar-refractivity contribution in [3.63, 3.8) is 0 Å². The molecule has 0 spiro atoms. The van der Waals surface area contributed by atoms with E-state index in [0.717, 1.165) is 51.4 Å². The van der Waals surface area contributed by atoms with Gasteiger partial charge < -0.3 is 20.4 Å². The van der Waals surface area contributed by atoms with Crippen LogP contribution in [0.15, 0.2) is 0 Å². The fraction of sp³-hybridized carbons (Fsp3) is 0.875. The van der Waals surface area contributed by atoms with Crippen LogP contribution in [0.2, 0.25) is 0 Å². The molecule has 0 atom stereocenters. The summed E-state index contributed by atoms with van der Waals surface area (Å²) in [6.45, 7) is 0. The van der Waals surface area contributed by atoms with Crippen LogP contribution in [0.25, 0.3) is 0 Å². The first kappa shape index (κ1) is 39.6. The number of aliphatic carboxylic acids is 4. The molecule has 4 aliphatic rings. The van der Waals surface area contributed by atoms with Crippen molar-refractivity contribution in [2.45, 2.75) is 154 Å². The van der Waals surface area contributed by atoms with Crippen molar-refractivity contribution in [1.82, 2.24) is 0 Å². The minimum absolute atomic E-state index is 0. The van der Waals surface area contributed by atoms with Gasteiger partial charge in [-0.05, 0) is 75.0 Å². The summed E-state index contributed by atoms with van der Waals surface area (Å²) in [4.78, 5) is 41.1. The average molecular weight is 665 g/mol. The predicted molar refractivity (Wildman–Crippen MR) is 155 cm³/mol. The van der Waals surface area contributed by atoms with E-state index in [9.17, 15) is 19.2 Å². The van der Waals surface area contributed by atoms with Crippen LogP contribution in [0.1, 0.15) is 154 Å². The molecule has 41 heavy (non-hydrogen) atoms. The topological polar surface area (TPSA) is 149 Å². The molecule has 0 aromatic heterocycles. The van der Waals surface area contributed by atoms with Crippen LogP contribution in [0.5, 0.6) is 0 Å². The molecule has 0 bridgehead atoms. The van der Waals surface area contributed by atoms with Crippen molar-refractivity contribution in [2.75, 3.05) is 0 Å². The molecule has 0 saturated heterocycles. The van der Waals surface area contributed by atoms with E-state index in [1.165, 1.54) is 77.0 Å². The molecule has 238 valence electrons. The molecule has 4 aliphatic carbocycles. The van der Waals surface area contributed by atoms with Crippen molar-refractivity contribution in [3.8, 4) is 0 Å². The molecule has 8 nitrogen and oxygen atoms in total. The first-order valence-electron chi connectivity index (χ1n) is 16.0. The first-order chi connectivity index (χ1) is 19.2. The van der Waals surface area contributed by atoms with Gasteiger partial charge in [-0.1, -0.05) is 77.0 Å². The van der Waals surface area contributed by atoms with Gasteiger partial charge in [0.2, 0.25) is 0 Å². The Balaban J connectivity index is 0.000000516. The van der Waals surface area contributed by atoms with Gasteiger partial charge in [-0.15, -0.1) is 0 Å². The Bertz CT molecular complexity index is 584. The van der Waals surface area contributed by atoms with E-state index in [-0.39, 0.29) is 21.1 Å². The summed E-state index contributed by atoms with van der Waals surface area (Å²) in [5, 5.41) is 33.9. The zero-order valence-electron chi connectivity index (χ0n) is 25.1. The second-order valence-corrected chi connectivity index (χ2v) is 12.4. The Morgan fingerprint density at radius 2 is 0.488 bits per heavy atom. The molecule has 0 heterocycles. The quantitative estimate of drug-likeness (QED) is 0.190. The van der Waals surface area contributed by atoms with Gasteiger partial charge in [0.15, 0.2) is 0 Å². The molecule has 0 amide bonds. The molecule has 0 aliphatic heterocycles. The summed E-state index contributed by atoms with van der Waals surface area (Å²) in [5.41, 5.74) is 0. The van der Waals surface area contributed by atoms with E-state index in [1.54, 1.807) is 0 Å². The molecule has 4 fully saturated rings. The second kappa shape index (κ2) is 25.1. The molecule has 4 N–H and O–H groups in total. The minimum atomic E-state index is -0.632. The maximum atomic E-state index is 10.3. The van der Waals surface area contributed by atoms with E-state index in [1.807, 2.05) is 0 Å².